The van der Waals surface area contributed by atoms with E-state index in [2.05, 4.69) is 10.3 Å². The zero-order valence-electron chi connectivity index (χ0n) is 10.3. The van der Waals surface area contributed by atoms with Gasteiger partial charge in [0.1, 0.15) is 11.5 Å². The van der Waals surface area contributed by atoms with Crippen molar-refractivity contribution in [2.45, 2.75) is 0 Å². The standard InChI is InChI=1S/C14H10ClFN4/c15-11-3-1-2-4-12(11)20-14(17)13(18-19-20)9-5-7-10(16)8-6-9/h1-8H,17H2. The third-order valence-electron chi connectivity index (χ3n) is 2.90. The lowest BCUT2D eigenvalue weighted by Crippen LogP contribution is -2.02. The first-order valence-electron chi connectivity index (χ1n) is 5.89. The van der Waals surface area contributed by atoms with Crippen LogP contribution in [0, 0.1) is 5.82 Å². The van der Waals surface area contributed by atoms with Crippen molar-refractivity contribution in [1.82, 2.24) is 15.0 Å². The second-order valence-electron chi connectivity index (χ2n) is 4.19. The lowest BCUT2D eigenvalue weighted by atomic mass is 10.1. The maximum absolute atomic E-state index is 12.9. The number of nitrogens with zero attached hydrogens (tertiary/aromatic N) is 3. The molecule has 0 saturated carbocycles. The molecule has 1 heterocycles. The topological polar surface area (TPSA) is 56.7 Å². The van der Waals surface area contributed by atoms with Crippen molar-refractivity contribution in [3.63, 3.8) is 0 Å². The maximum atomic E-state index is 12.9. The van der Waals surface area contributed by atoms with Crippen LogP contribution in [-0.4, -0.2) is 15.0 Å². The molecular formula is C14H10ClFN4. The van der Waals surface area contributed by atoms with E-state index < -0.39 is 0 Å². The van der Waals surface area contributed by atoms with E-state index in [9.17, 15) is 4.39 Å². The van der Waals surface area contributed by atoms with E-state index >= 15 is 0 Å². The second-order valence-corrected chi connectivity index (χ2v) is 4.60. The molecule has 2 aromatic carbocycles. The van der Waals surface area contributed by atoms with Gasteiger partial charge in [-0.1, -0.05) is 28.9 Å². The van der Waals surface area contributed by atoms with Gasteiger partial charge in [0, 0.05) is 5.56 Å². The van der Waals surface area contributed by atoms with Crippen LogP contribution in [0.2, 0.25) is 5.02 Å². The summed E-state index contributed by atoms with van der Waals surface area (Å²) in [5.74, 6) is 0.0375. The highest BCUT2D eigenvalue weighted by atomic mass is 35.5. The highest BCUT2D eigenvalue weighted by Gasteiger charge is 2.14. The van der Waals surface area contributed by atoms with Crippen LogP contribution in [0.1, 0.15) is 0 Å². The van der Waals surface area contributed by atoms with E-state index in [-0.39, 0.29) is 5.82 Å². The smallest absolute Gasteiger partial charge is 0.155 e. The van der Waals surface area contributed by atoms with Crippen molar-refractivity contribution in [2.75, 3.05) is 5.73 Å². The van der Waals surface area contributed by atoms with E-state index in [1.165, 1.54) is 16.8 Å². The first-order valence-corrected chi connectivity index (χ1v) is 6.26. The van der Waals surface area contributed by atoms with E-state index in [4.69, 9.17) is 17.3 Å². The van der Waals surface area contributed by atoms with Gasteiger partial charge in [-0.05, 0) is 36.4 Å². The number of nitrogen functional groups attached to an aromatic ring is 1. The molecule has 0 amide bonds. The van der Waals surface area contributed by atoms with Gasteiger partial charge in [0.15, 0.2) is 5.82 Å². The number of hydrogen-bond donors (Lipinski definition) is 1. The van der Waals surface area contributed by atoms with Crippen LogP contribution in [0.5, 0.6) is 0 Å². The van der Waals surface area contributed by atoms with Crippen LogP contribution >= 0.6 is 11.6 Å². The molecule has 0 aliphatic heterocycles. The molecule has 0 unspecified atom stereocenters. The van der Waals surface area contributed by atoms with Crippen LogP contribution in [0.4, 0.5) is 10.2 Å². The third-order valence-corrected chi connectivity index (χ3v) is 3.22. The number of benzene rings is 2. The molecule has 0 spiro atoms. The molecule has 20 heavy (non-hydrogen) atoms. The van der Waals surface area contributed by atoms with Gasteiger partial charge >= 0.3 is 0 Å². The van der Waals surface area contributed by atoms with Gasteiger partial charge in [0.2, 0.25) is 0 Å². The molecule has 6 heteroatoms. The molecule has 2 N–H and O–H groups in total. The zero-order chi connectivity index (χ0) is 14.1. The summed E-state index contributed by atoms with van der Waals surface area (Å²) in [6, 6.07) is 13.1. The van der Waals surface area contributed by atoms with Gasteiger partial charge in [-0.15, -0.1) is 5.10 Å². The van der Waals surface area contributed by atoms with Crippen molar-refractivity contribution in [2.24, 2.45) is 0 Å². The molecule has 0 radical (unpaired) electrons. The first-order chi connectivity index (χ1) is 9.66. The van der Waals surface area contributed by atoms with Gasteiger partial charge in [-0.3, -0.25) is 0 Å². The molecule has 0 aliphatic carbocycles. The molecule has 3 rings (SSSR count). The Morgan fingerprint density at radius 2 is 1.75 bits per heavy atom. The Kier molecular flexibility index (Phi) is 3.12. The third kappa shape index (κ3) is 2.12. The Morgan fingerprint density at radius 1 is 1.05 bits per heavy atom. The van der Waals surface area contributed by atoms with Gasteiger partial charge in [0.05, 0.1) is 10.7 Å². The summed E-state index contributed by atoms with van der Waals surface area (Å²) in [5, 5.41) is 8.57. The average molecular weight is 289 g/mol. The summed E-state index contributed by atoms with van der Waals surface area (Å²) in [6.45, 7) is 0. The van der Waals surface area contributed by atoms with E-state index in [1.807, 2.05) is 12.1 Å². The molecular weight excluding hydrogens is 279 g/mol. The number of rotatable bonds is 2. The normalized spacial score (nSPS) is 10.7. The Morgan fingerprint density at radius 3 is 2.45 bits per heavy atom. The second kappa shape index (κ2) is 4.94. The van der Waals surface area contributed by atoms with Crippen molar-refractivity contribution in [3.8, 4) is 16.9 Å². The minimum atomic E-state index is -0.314. The predicted molar refractivity (Wildman–Crippen MR) is 76.2 cm³/mol. The molecule has 0 atom stereocenters. The predicted octanol–water partition coefficient (Wildman–Crippen LogP) is 3.31. The molecule has 0 aliphatic rings. The Bertz CT molecular complexity index is 752. The van der Waals surface area contributed by atoms with Crippen molar-refractivity contribution < 1.29 is 4.39 Å². The molecule has 0 saturated heterocycles. The summed E-state index contributed by atoms with van der Waals surface area (Å²) in [4.78, 5) is 0. The van der Waals surface area contributed by atoms with Gasteiger partial charge in [-0.25, -0.2) is 4.39 Å². The highest BCUT2D eigenvalue weighted by Crippen LogP contribution is 2.28. The largest absolute Gasteiger partial charge is 0.382 e. The molecule has 0 bridgehead atoms. The zero-order valence-corrected chi connectivity index (χ0v) is 11.0. The number of para-hydroxylation sites is 1. The Balaban J connectivity index is 2.09. The van der Waals surface area contributed by atoms with Crippen molar-refractivity contribution in [3.05, 3.63) is 59.4 Å². The van der Waals surface area contributed by atoms with Crippen LogP contribution in [-0.2, 0) is 0 Å². The summed E-state index contributed by atoms with van der Waals surface area (Å²) in [6.07, 6.45) is 0. The molecule has 3 aromatic rings. The number of hydrogen-bond acceptors (Lipinski definition) is 3. The Hall–Kier alpha value is -2.40. The van der Waals surface area contributed by atoms with Gasteiger partial charge < -0.3 is 5.73 Å². The maximum Gasteiger partial charge on any atom is 0.155 e. The van der Waals surface area contributed by atoms with E-state index in [0.29, 0.717) is 27.8 Å². The number of nitrogens with two attached hydrogens (primary N) is 1. The fourth-order valence-electron chi connectivity index (χ4n) is 1.90. The van der Waals surface area contributed by atoms with E-state index in [0.717, 1.165) is 0 Å². The fourth-order valence-corrected chi connectivity index (χ4v) is 2.12. The lowest BCUT2D eigenvalue weighted by Gasteiger charge is -2.05. The molecule has 4 nitrogen and oxygen atoms in total. The summed E-state index contributed by atoms with van der Waals surface area (Å²) >= 11 is 6.11. The summed E-state index contributed by atoms with van der Waals surface area (Å²) in [5.41, 5.74) is 7.89. The number of anilines is 1. The SMILES string of the molecule is Nc1c(-c2ccc(F)cc2)nnn1-c1ccccc1Cl. The average Bonchev–Trinajstić information content (AvgIpc) is 2.82. The lowest BCUT2D eigenvalue weighted by molar-refractivity contribution is 0.628. The summed E-state index contributed by atoms with van der Waals surface area (Å²) in [7, 11) is 0. The molecule has 0 fully saturated rings. The van der Waals surface area contributed by atoms with Crippen LogP contribution < -0.4 is 5.73 Å². The van der Waals surface area contributed by atoms with Crippen molar-refractivity contribution in [1.29, 1.82) is 0 Å². The van der Waals surface area contributed by atoms with Crippen LogP contribution in [0.25, 0.3) is 16.9 Å². The van der Waals surface area contributed by atoms with Gasteiger partial charge in [-0.2, -0.15) is 4.68 Å². The highest BCUT2D eigenvalue weighted by molar-refractivity contribution is 6.32. The number of halogens is 2. The first kappa shape index (κ1) is 12.6. The van der Waals surface area contributed by atoms with Crippen LogP contribution in [0.3, 0.4) is 0 Å². The Labute approximate surface area is 119 Å². The fraction of sp³-hybridized carbons (Fsp3) is 0. The number of aromatic nitrogens is 3. The monoisotopic (exact) mass is 288 g/mol. The van der Waals surface area contributed by atoms with Crippen molar-refractivity contribution >= 4 is 17.4 Å². The van der Waals surface area contributed by atoms with Crippen LogP contribution in [0.15, 0.2) is 48.5 Å². The van der Waals surface area contributed by atoms with Gasteiger partial charge in [0.25, 0.3) is 0 Å². The quantitative estimate of drug-likeness (QED) is 0.787. The minimum Gasteiger partial charge on any atom is -0.382 e. The molecule has 100 valence electrons. The minimum absolute atomic E-state index is 0.314. The summed E-state index contributed by atoms with van der Waals surface area (Å²) < 4.78 is 14.4. The molecule has 1 aromatic heterocycles. The van der Waals surface area contributed by atoms with E-state index in [1.54, 1.807) is 24.3 Å².